The Kier molecular flexibility index (Phi) is 4.41. The van der Waals surface area contributed by atoms with Gasteiger partial charge in [0.1, 0.15) is 12.3 Å². The Balaban J connectivity index is 1.61. The summed E-state index contributed by atoms with van der Waals surface area (Å²) in [5.74, 6) is 0.781. The molecule has 0 radical (unpaired) electrons. The lowest BCUT2D eigenvalue weighted by Gasteiger charge is -2.42. The van der Waals surface area contributed by atoms with Gasteiger partial charge < -0.3 is 4.84 Å². The molecule has 3 fully saturated rings. The van der Waals surface area contributed by atoms with Crippen molar-refractivity contribution in [2.24, 2.45) is 11.1 Å². The second-order valence-electron chi connectivity index (χ2n) is 7.06. The molecule has 0 aromatic heterocycles. The summed E-state index contributed by atoms with van der Waals surface area (Å²) < 4.78 is 0. The number of hydrogen-bond acceptors (Lipinski definition) is 3. The highest BCUT2D eigenvalue weighted by Crippen LogP contribution is 2.52. The average Bonchev–Trinajstić information content (AvgIpc) is 3.15. The first-order chi connectivity index (χ1) is 12.3. The van der Waals surface area contributed by atoms with E-state index >= 15 is 0 Å². The average molecular weight is 332 g/mol. The first kappa shape index (κ1) is 16.1. The summed E-state index contributed by atoms with van der Waals surface area (Å²) in [6.07, 6.45) is 4.34. The predicted molar refractivity (Wildman–Crippen MR) is 101 cm³/mol. The number of nitrogens with zero attached hydrogens (tertiary/aromatic N) is 2. The van der Waals surface area contributed by atoms with E-state index in [1.807, 2.05) is 30.3 Å². The molecular weight excluding hydrogens is 308 g/mol. The van der Waals surface area contributed by atoms with E-state index in [0.29, 0.717) is 6.61 Å². The highest BCUT2D eigenvalue weighted by atomic mass is 16.6. The lowest BCUT2D eigenvalue weighted by Crippen LogP contribution is -2.53. The van der Waals surface area contributed by atoms with Crippen LogP contribution in [0, 0.1) is 5.92 Å². The van der Waals surface area contributed by atoms with Crippen LogP contribution in [0.5, 0.6) is 0 Å². The van der Waals surface area contributed by atoms with Crippen molar-refractivity contribution in [3.05, 3.63) is 84.4 Å². The van der Waals surface area contributed by atoms with E-state index < -0.39 is 0 Å². The number of hydrogen-bond donors (Lipinski definition) is 0. The Hall–Kier alpha value is -2.39. The van der Waals surface area contributed by atoms with Crippen molar-refractivity contribution in [1.29, 1.82) is 0 Å². The first-order valence-corrected chi connectivity index (χ1v) is 8.97. The molecule has 1 saturated carbocycles. The Bertz CT molecular complexity index is 748. The van der Waals surface area contributed by atoms with Gasteiger partial charge in [0.05, 0.1) is 5.54 Å². The van der Waals surface area contributed by atoms with Crippen molar-refractivity contribution >= 4 is 5.71 Å². The maximum absolute atomic E-state index is 5.80. The summed E-state index contributed by atoms with van der Waals surface area (Å²) in [6, 6.07) is 20.7. The Morgan fingerprint density at radius 1 is 1.12 bits per heavy atom. The van der Waals surface area contributed by atoms with Crippen molar-refractivity contribution in [2.75, 3.05) is 13.1 Å². The Morgan fingerprint density at radius 2 is 1.80 bits per heavy atom. The molecule has 2 heterocycles. The van der Waals surface area contributed by atoms with Crippen molar-refractivity contribution in [3.63, 3.8) is 0 Å². The molecule has 3 nitrogen and oxygen atoms in total. The molecule has 0 amide bonds. The van der Waals surface area contributed by atoms with Crippen LogP contribution >= 0.6 is 0 Å². The summed E-state index contributed by atoms with van der Waals surface area (Å²) in [4.78, 5) is 8.32. The molecule has 5 rings (SSSR count). The van der Waals surface area contributed by atoms with Gasteiger partial charge in [-0.2, -0.15) is 0 Å². The van der Waals surface area contributed by atoms with Crippen molar-refractivity contribution in [1.82, 2.24) is 4.90 Å². The third-order valence-electron chi connectivity index (χ3n) is 5.40. The van der Waals surface area contributed by atoms with Crippen molar-refractivity contribution < 1.29 is 4.84 Å². The second kappa shape index (κ2) is 6.85. The van der Waals surface area contributed by atoms with Gasteiger partial charge in [0.25, 0.3) is 0 Å². The molecule has 2 aromatic rings. The number of benzene rings is 2. The number of oxime groups is 1. The zero-order valence-electron chi connectivity index (χ0n) is 14.5. The van der Waals surface area contributed by atoms with Gasteiger partial charge >= 0.3 is 0 Å². The maximum Gasteiger partial charge on any atom is 0.142 e. The predicted octanol–water partition coefficient (Wildman–Crippen LogP) is 4.26. The molecule has 2 aliphatic heterocycles. The van der Waals surface area contributed by atoms with Crippen LogP contribution in [-0.4, -0.2) is 29.2 Å². The van der Waals surface area contributed by atoms with Crippen LogP contribution in [0.25, 0.3) is 0 Å². The molecule has 25 heavy (non-hydrogen) atoms. The van der Waals surface area contributed by atoms with Crippen LogP contribution in [0.3, 0.4) is 0 Å². The zero-order chi connectivity index (χ0) is 17.1. The van der Waals surface area contributed by atoms with Gasteiger partial charge in [-0.15, -0.1) is 6.58 Å². The lowest BCUT2D eigenvalue weighted by atomic mass is 9.69. The van der Waals surface area contributed by atoms with Gasteiger partial charge in [-0.1, -0.05) is 71.9 Å². The van der Waals surface area contributed by atoms with Crippen LogP contribution in [-0.2, 0) is 11.4 Å². The summed E-state index contributed by atoms with van der Waals surface area (Å²) >= 11 is 0. The smallest absolute Gasteiger partial charge is 0.142 e. The first-order valence-electron chi connectivity index (χ1n) is 8.97. The van der Waals surface area contributed by atoms with Gasteiger partial charge in [-0.05, 0) is 24.3 Å². The molecule has 0 N–H and O–H groups in total. The fraction of sp³-hybridized carbons (Fsp3) is 0.318. The largest absolute Gasteiger partial charge is 0.391 e. The molecule has 0 unspecified atom stereocenters. The van der Waals surface area contributed by atoms with E-state index in [9.17, 15) is 0 Å². The van der Waals surface area contributed by atoms with Gasteiger partial charge in [0.2, 0.25) is 0 Å². The van der Waals surface area contributed by atoms with Crippen LogP contribution in [0.2, 0.25) is 0 Å². The normalized spacial score (nSPS) is 25.4. The molecule has 2 bridgehead atoms. The van der Waals surface area contributed by atoms with E-state index in [1.54, 1.807) is 0 Å². The molecule has 128 valence electrons. The van der Waals surface area contributed by atoms with Crippen LogP contribution in [0.1, 0.15) is 24.0 Å². The minimum Gasteiger partial charge on any atom is -0.391 e. The molecule has 2 aromatic carbocycles. The minimum atomic E-state index is 0.0108. The van der Waals surface area contributed by atoms with Gasteiger partial charge in [-0.3, -0.25) is 4.90 Å². The highest BCUT2D eigenvalue weighted by molar-refractivity contribution is 6.08. The van der Waals surface area contributed by atoms with E-state index in [-0.39, 0.29) is 5.54 Å². The fourth-order valence-corrected chi connectivity index (χ4v) is 4.27. The van der Waals surface area contributed by atoms with E-state index in [2.05, 4.69) is 53.0 Å². The maximum atomic E-state index is 5.80. The van der Waals surface area contributed by atoms with E-state index in [4.69, 9.17) is 4.84 Å². The van der Waals surface area contributed by atoms with Crippen LogP contribution in [0.4, 0.5) is 0 Å². The molecule has 2 saturated heterocycles. The Labute approximate surface area is 149 Å². The topological polar surface area (TPSA) is 24.8 Å². The lowest BCUT2D eigenvalue weighted by molar-refractivity contribution is 0.119. The monoisotopic (exact) mass is 332 g/mol. The Morgan fingerprint density at radius 3 is 2.48 bits per heavy atom. The molecule has 0 spiro atoms. The third-order valence-corrected chi connectivity index (χ3v) is 5.40. The highest BCUT2D eigenvalue weighted by Gasteiger charge is 2.59. The zero-order valence-corrected chi connectivity index (χ0v) is 14.5. The quantitative estimate of drug-likeness (QED) is 0.430. The summed E-state index contributed by atoms with van der Waals surface area (Å²) in [5.41, 5.74) is 3.37. The molecule has 3 aliphatic rings. The van der Waals surface area contributed by atoms with Gasteiger partial charge in [0.15, 0.2) is 0 Å². The molecule has 0 atom stereocenters. The number of rotatable bonds is 7. The summed E-state index contributed by atoms with van der Waals surface area (Å²) in [5, 5.41) is 4.65. The van der Waals surface area contributed by atoms with Crippen molar-refractivity contribution in [2.45, 2.75) is 25.0 Å². The SMILES string of the molecule is C=CCN1CC2CC1(C(=NOCc1ccccc1)c1ccccc1)C2. The number of fused-ring (bicyclic) bond motifs is 1. The van der Waals surface area contributed by atoms with E-state index in [1.165, 1.54) is 12.8 Å². The molecular formula is C22H24N2O. The standard InChI is InChI=1S/C22H24N2O/c1-2-13-24-16-19-14-22(24,15-19)21(20-11-7-4-8-12-20)23-25-17-18-9-5-3-6-10-18/h2-12,19H,1,13-17H2. The molecule has 1 aliphatic carbocycles. The van der Waals surface area contributed by atoms with Gasteiger partial charge in [0, 0.05) is 18.7 Å². The van der Waals surface area contributed by atoms with E-state index in [0.717, 1.165) is 35.8 Å². The fourth-order valence-electron chi connectivity index (χ4n) is 4.27. The third kappa shape index (κ3) is 3.00. The van der Waals surface area contributed by atoms with Crippen LogP contribution in [0.15, 0.2) is 78.5 Å². The van der Waals surface area contributed by atoms with Crippen LogP contribution < -0.4 is 0 Å². The van der Waals surface area contributed by atoms with Crippen molar-refractivity contribution in [3.8, 4) is 0 Å². The summed E-state index contributed by atoms with van der Waals surface area (Å²) in [7, 11) is 0. The minimum absolute atomic E-state index is 0.0108. The second-order valence-corrected chi connectivity index (χ2v) is 7.06. The molecule has 3 heteroatoms. The van der Waals surface area contributed by atoms with Gasteiger partial charge in [-0.25, -0.2) is 0 Å². The summed E-state index contributed by atoms with van der Waals surface area (Å²) in [6.45, 7) is 6.47.